The number of carboxylic acids is 1. The lowest BCUT2D eigenvalue weighted by atomic mass is 9.93. The number of carboxylic acid groups (broad SMARTS) is 1. The summed E-state index contributed by atoms with van der Waals surface area (Å²) in [5, 5.41) is 12.0. The largest absolute Gasteiger partial charge is 0.480 e. The van der Waals surface area contributed by atoms with E-state index >= 15 is 0 Å². The highest BCUT2D eigenvalue weighted by molar-refractivity contribution is 7.22. The summed E-state index contributed by atoms with van der Waals surface area (Å²) >= 11 is 1.33. The fourth-order valence-electron chi connectivity index (χ4n) is 1.44. The molecule has 2 aromatic rings. The molecule has 1 aromatic heterocycles. The number of hydrogen-bond acceptors (Lipinski definition) is 4. The molecule has 0 aliphatic heterocycles. The molecule has 2 rings (SSSR count). The van der Waals surface area contributed by atoms with Gasteiger partial charge in [0.05, 0.1) is 10.2 Å². The van der Waals surface area contributed by atoms with Gasteiger partial charge < -0.3 is 10.4 Å². The van der Waals surface area contributed by atoms with Gasteiger partial charge >= 0.3 is 5.97 Å². The molecule has 0 atom stereocenters. The maximum Gasteiger partial charge on any atom is 0.318 e. The van der Waals surface area contributed by atoms with E-state index in [0.29, 0.717) is 5.13 Å². The van der Waals surface area contributed by atoms with E-state index in [1.807, 2.05) is 25.1 Å². The lowest BCUT2D eigenvalue weighted by Gasteiger charge is -2.16. The van der Waals surface area contributed by atoms with Crippen LogP contribution in [0.1, 0.15) is 19.4 Å². The number of carbonyl (C=O) groups is 2. The molecule has 0 radical (unpaired) electrons. The Morgan fingerprint density at radius 2 is 2.05 bits per heavy atom. The molecule has 0 aliphatic rings. The maximum absolute atomic E-state index is 11.9. The summed E-state index contributed by atoms with van der Waals surface area (Å²) in [4.78, 5) is 27.1. The smallest absolute Gasteiger partial charge is 0.318 e. The molecule has 0 bridgehead atoms. The molecule has 0 saturated heterocycles. The summed E-state index contributed by atoms with van der Waals surface area (Å²) in [5.74, 6) is -1.74. The van der Waals surface area contributed by atoms with Crippen molar-refractivity contribution < 1.29 is 14.7 Å². The van der Waals surface area contributed by atoms with Crippen LogP contribution in [0.15, 0.2) is 18.2 Å². The number of thiazole rings is 1. The van der Waals surface area contributed by atoms with Crippen molar-refractivity contribution in [1.29, 1.82) is 0 Å². The molecule has 0 fully saturated rings. The molecule has 0 aliphatic carbocycles. The second kappa shape index (κ2) is 4.62. The van der Waals surface area contributed by atoms with Gasteiger partial charge in [-0.15, -0.1) is 0 Å². The first-order valence-electron chi connectivity index (χ1n) is 5.73. The molecule has 100 valence electrons. The highest BCUT2D eigenvalue weighted by Gasteiger charge is 2.36. The topological polar surface area (TPSA) is 79.3 Å². The third kappa shape index (κ3) is 2.58. The number of nitrogens with one attached hydrogen (secondary N) is 1. The number of hydrogen-bond donors (Lipinski definition) is 2. The van der Waals surface area contributed by atoms with Crippen LogP contribution in [0.5, 0.6) is 0 Å². The molecule has 1 amide bonds. The Morgan fingerprint density at radius 1 is 1.37 bits per heavy atom. The molecular formula is C13H14N2O3S. The molecule has 0 saturated carbocycles. The Morgan fingerprint density at radius 3 is 2.68 bits per heavy atom. The summed E-state index contributed by atoms with van der Waals surface area (Å²) in [6.07, 6.45) is 0. The number of amides is 1. The molecule has 6 heteroatoms. The molecule has 0 unspecified atom stereocenters. The number of benzene rings is 1. The highest BCUT2D eigenvalue weighted by atomic mass is 32.1. The molecule has 2 N–H and O–H groups in total. The normalized spacial score (nSPS) is 11.5. The third-order valence-electron chi connectivity index (χ3n) is 2.87. The van der Waals surface area contributed by atoms with E-state index in [-0.39, 0.29) is 0 Å². The van der Waals surface area contributed by atoms with Crippen LogP contribution in [-0.4, -0.2) is 22.0 Å². The Balaban J connectivity index is 2.27. The van der Waals surface area contributed by atoms with Gasteiger partial charge in [-0.2, -0.15) is 0 Å². The Bertz CT molecular complexity index is 661. The predicted molar refractivity (Wildman–Crippen MR) is 74.4 cm³/mol. The van der Waals surface area contributed by atoms with Gasteiger partial charge in [0.2, 0.25) is 5.91 Å². The van der Waals surface area contributed by atoms with Crippen molar-refractivity contribution in [3.05, 3.63) is 23.8 Å². The van der Waals surface area contributed by atoms with E-state index in [0.717, 1.165) is 15.8 Å². The average Bonchev–Trinajstić information content (AvgIpc) is 2.69. The van der Waals surface area contributed by atoms with Crippen LogP contribution in [0.3, 0.4) is 0 Å². The first-order chi connectivity index (χ1) is 8.80. The van der Waals surface area contributed by atoms with Gasteiger partial charge in [-0.25, -0.2) is 4.98 Å². The van der Waals surface area contributed by atoms with Crippen LogP contribution >= 0.6 is 11.3 Å². The van der Waals surface area contributed by atoms with Crippen molar-refractivity contribution in [2.45, 2.75) is 20.8 Å². The molecule has 0 spiro atoms. The number of aryl methyl sites for hydroxylation is 1. The summed E-state index contributed by atoms with van der Waals surface area (Å²) < 4.78 is 0.962. The lowest BCUT2D eigenvalue weighted by molar-refractivity contribution is -0.151. The van der Waals surface area contributed by atoms with Crippen LogP contribution in [0.2, 0.25) is 0 Å². The molecular weight excluding hydrogens is 264 g/mol. The number of carbonyl (C=O) groups excluding carboxylic acids is 1. The zero-order chi connectivity index (χ0) is 14.2. The Hall–Kier alpha value is -1.95. The summed E-state index contributed by atoms with van der Waals surface area (Å²) in [6.45, 7) is 4.70. The standard InChI is InChI=1S/C13H14N2O3S/c1-7-4-5-8-9(6-7)19-12(14-8)15-10(16)13(2,3)11(17)18/h4-6H,1-3H3,(H,17,18)(H,14,15,16). The zero-order valence-electron chi connectivity index (χ0n) is 10.9. The van der Waals surface area contributed by atoms with Gasteiger partial charge in [-0.1, -0.05) is 17.4 Å². The van der Waals surface area contributed by atoms with E-state index < -0.39 is 17.3 Å². The van der Waals surface area contributed by atoms with Crippen molar-refractivity contribution in [2.24, 2.45) is 5.41 Å². The van der Waals surface area contributed by atoms with Crippen molar-refractivity contribution >= 4 is 38.6 Å². The minimum atomic E-state index is -1.48. The number of aromatic nitrogens is 1. The lowest BCUT2D eigenvalue weighted by Crippen LogP contribution is -2.37. The van der Waals surface area contributed by atoms with Crippen LogP contribution in [0.25, 0.3) is 10.2 Å². The van der Waals surface area contributed by atoms with Crippen molar-refractivity contribution in [3.63, 3.8) is 0 Å². The maximum atomic E-state index is 11.9. The van der Waals surface area contributed by atoms with E-state index in [2.05, 4.69) is 10.3 Å². The zero-order valence-corrected chi connectivity index (χ0v) is 11.7. The van der Waals surface area contributed by atoms with Crippen molar-refractivity contribution in [2.75, 3.05) is 5.32 Å². The molecule has 1 heterocycles. The molecule has 1 aromatic carbocycles. The third-order valence-corrected chi connectivity index (χ3v) is 3.80. The Labute approximate surface area is 114 Å². The Kier molecular flexibility index (Phi) is 3.28. The van der Waals surface area contributed by atoms with Crippen LogP contribution < -0.4 is 5.32 Å². The average molecular weight is 278 g/mol. The monoisotopic (exact) mass is 278 g/mol. The minimum Gasteiger partial charge on any atom is -0.480 e. The number of anilines is 1. The van der Waals surface area contributed by atoms with Gasteiger partial charge in [0, 0.05) is 0 Å². The van der Waals surface area contributed by atoms with Gasteiger partial charge in [-0.05, 0) is 38.5 Å². The summed E-state index contributed by atoms with van der Waals surface area (Å²) in [6, 6.07) is 5.79. The van der Waals surface area contributed by atoms with Gasteiger partial charge in [0.1, 0.15) is 5.41 Å². The molecule has 5 nitrogen and oxygen atoms in total. The second-order valence-corrected chi connectivity index (χ2v) is 5.91. The van der Waals surface area contributed by atoms with E-state index in [1.165, 1.54) is 25.2 Å². The van der Waals surface area contributed by atoms with E-state index in [4.69, 9.17) is 5.11 Å². The quantitative estimate of drug-likeness (QED) is 0.846. The van der Waals surface area contributed by atoms with E-state index in [1.54, 1.807) is 0 Å². The van der Waals surface area contributed by atoms with Crippen LogP contribution in [-0.2, 0) is 9.59 Å². The van der Waals surface area contributed by atoms with Crippen molar-refractivity contribution in [1.82, 2.24) is 4.98 Å². The SMILES string of the molecule is Cc1ccc2nc(NC(=O)C(C)(C)C(=O)O)sc2c1. The first-order valence-corrected chi connectivity index (χ1v) is 6.54. The fraction of sp³-hybridized carbons (Fsp3) is 0.308. The predicted octanol–water partition coefficient (Wildman–Crippen LogP) is 2.65. The van der Waals surface area contributed by atoms with E-state index in [9.17, 15) is 9.59 Å². The van der Waals surface area contributed by atoms with Gasteiger partial charge in [0.25, 0.3) is 0 Å². The molecule has 19 heavy (non-hydrogen) atoms. The number of fused-ring (bicyclic) bond motifs is 1. The number of nitrogens with zero attached hydrogens (tertiary/aromatic N) is 1. The van der Waals surface area contributed by atoms with Crippen molar-refractivity contribution in [3.8, 4) is 0 Å². The highest BCUT2D eigenvalue weighted by Crippen LogP contribution is 2.28. The van der Waals surface area contributed by atoms with Crippen LogP contribution in [0, 0.1) is 12.3 Å². The summed E-state index contributed by atoms with van der Waals surface area (Å²) in [7, 11) is 0. The number of rotatable bonds is 3. The van der Waals surface area contributed by atoms with Crippen LogP contribution in [0.4, 0.5) is 5.13 Å². The van der Waals surface area contributed by atoms with Gasteiger partial charge in [0.15, 0.2) is 5.13 Å². The number of aliphatic carboxylic acids is 1. The van der Waals surface area contributed by atoms with Gasteiger partial charge in [-0.3, -0.25) is 9.59 Å². The first kappa shape index (κ1) is 13.5. The second-order valence-electron chi connectivity index (χ2n) is 4.87. The fourth-order valence-corrected chi connectivity index (χ4v) is 2.39. The minimum absolute atomic E-state index is 0.417. The summed E-state index contributed by atoms with van der Waals surface area (Å²) in [5.41, 5.74) is 0.423.